The largest absolute Gasteiger partial charge is 0.462 e. The monoisotopic (exact) mass is 886 g/mol. The number of esters is 1. The second kappa shape index (κ2) is 50.3. The molecule has 3 N–H and O–H groups in total. The summed E-state index contributed by atoms with van der Waals surface area (Å²) in [5, 5.41) is 23.7. The van der Waals surface area contributed by atoms with E-state index in [4.69, 9.17) is 4.74 Å². The predicted octanol–water partition coefficient (Wildman–Crippen LogP) is 15.7. The van der Waals surface area contributed by atoms with Crippen LogP contribution in [0.4, 0.5) is 0 Å². The number of unbranched alkanes of at least 4 members (excludes halogenated alkanes) is 20. The van der Waals surface area contributed by atoms with Crippen molar-refractivity contribution < 1.29 is 24.5 Å². The third-order valence-electron chi connectivity index (χ3n) is 11.0. The number of nitrogens with one attached hydrogen (secondary N) is 1. The molecule has 0 fully saturated rings. The number of carbonyl (C=O) groups is 2. The zero-order chi connectivity index (χ0) is 46.7. The fourth-order valence-electron chi connectivity index (χ4n) is 7.08. The summed E-state index contributed by atoms with van der Waals surface area (Å²) in [6.07, 6.45) is 69.5. The van der Waals surface area contributed by atoms with E-state index in [1.54, 1.807) is 0 Å². The van der Waals surface area contributed by atoms with Crippen LogP contribution in [0.3, 0.4) is 0 Å². The Hall–Kier alpha value is -3.74. The summed E-state index contributed by atoms with van der Waals surface area (Å²) in [5.74, 6) is -0.557. The molecule has 6 heteroatoms. The molecule has 6 nitrogen and oxygen atoms in total. The number of aliphatic hydroxyl groups is 2. The first-order valence-electron chi connectivity index (χ1n) is 25.9. The summed E-state index contributed by atoms with van der Waals surface area (Å²) in [4.78, 5) is 26.2. The van der Waals surface area contributed by atoms with Gasteiger partial charge in [0.2, 0.25) is 5.91 Å². The minimum absolute atomic E-state index is 0.0304. The van der Waals surface area contributed by atoms with Crippen LogP contribution in [-0.2, 0) is 14.3 Å². The van der Waals surface area contributed by atoms with Crippen LogP contribution in [0.25, 0.3) is 0 Å². The third kappa shape index (κ3) is 44.9. The van der Waals surface area contributed by atoms with Crippen LogP contribution < -0.4 is 5.32 Å². The van der Waals surface area contributed by atoms with Gasteiger partial charge in [0.1, 0.15) is 6.10 Å². The average Bonchev–Trinajstić information content (AvgIpc) is 3.29. The van der Waals surface area contributed by atoms with Gasteiger partial charge in [0.15, 0.2) is 0 Å². The number of ether oxygens (including phenoxy) is 1. The molecule has 0 aliphatic heterocycles. The molecular weight excluding hydrogens is 791 g/mol. The van der Waals surface area contributed by atoms with Gasteiger partial charge < -0.3 is 20.3 Å². The van der Waals surface area contributed by atoms with Crippen molar-refractivity contribution in [2.75, 3.05) is 6.61 Å². The van der Waals surface area contributed by atoms with Crippen molar-refractivity contribution in [3.8, 4) is 0 Å². The number of hydrogen-bond donors (Lipinski definition) is 3. The topological polar surface area (TPSA) is 95.9 Å². The molecule has 1 amide bonds. The van der Waals surface area contributed by atoms with Gasteiger partial charge in [-0.05, 0) is 64.2 Å². The van der Waals surface area contributed by atoms with Gasteiger partial charge in [0.25, 0.3) is 0 Å². The van der Waals surface area contributed by atoms with E-state index in [0.717, 1.165) is 103 Å². The maximum Gasteiger partial charge on any atom is 0.306 e. The fraction of sp³-hybridized carbons (Fsp3) is 0.621. The summed E-state index contributed by atoms with van der Waals surface area (Å²) in [5.41, 5.74) is 0. The molecule has 0 saturated heterocycles. The molecular formula is C58H95NO5. The first-order valence-corrected chi connectivity index (χ1v) is 25.9. The van der Waals surface area contributed by atoms with Crippen LogP contribution in [0.15, 0.2) is 122 Å². The van der Waals surface area contributed by atoms with Crippen LogP contribution in [0, 0.1) is 0 Å². The number of hydrogen-bond acceptors (Lipinski definition) is 5. The minimum atomic E-state index is -0.812. The molecule has 3 atom stereocenters. The molecule has 0 aliphatic carbocycles. The van der Waals surface area contributed by atoms with Gasteiger partial charge in [-0.25, -0.2) is 0 Å². The Balaban J connectivity index is 4.78. The molecule has 0 aromatic rings. The molecule has 0 spiro atoms. The van der Waals surface area contributed by atoms with Crippen LogP contribution in [0.2, 0.25) is 0 Å². The van der Waals surface area contributed by atoms with Crippen molar-refractivity contribution in [3.63, 3.8) is 0 Å². The number of rotatable bonds is 44. The Labute approximate surface area is 393 Å². The van der Waals surface area contributed by atoms with E-state index >= 15 is 0 Å². The maximum absolute atomic E-state index is 13.2. The Bertz CT molecular complexity index is 1360. The van der Waals surface area contributed by atoms with Gasteiger partial charge in [-0.1, -0.05) is 251 Å². The molecule has 362 valence electrons. The quantitative estimate of drug-likeness (QED) is 0.0322. The van der Waals surface area contributed by atoms with Gasteiger partial charge in [-0.15, -0.1) is 0 Å². The summed E-state index contributed by atoms with van der Waals surface area (Å²) in [6, 6.07) is -0.730. The van der Waals surface area contributed by atoms with Crippen molar-refractivity contribution in [3.05, 3.63) is 122 Å². The highest BCUT2D eigenvalue weighted by Crippen LogP contribution is 2.17. The predicted molar refractivity (Wildman–Crippen MR) is 277 cm³/mol. The number of allylic oxidation sites excluding steroid dienone is 20. The fourth-order valence-corrected chi connectivity index (χ4v) is 7.08. The van der Waals surface area contributed by atoms with Gasteiger partial charge >= 0.3 is 5.97 Å². The maximum atomic E-state index is 13.2. The Morgan fingerprint density at radius 3 is 1.28 bits per heavy atom. The van der Waals surface area contributed by atoms with E-state index in [1.165, 1.54) is 57.8 Å². The van der Waals surface area contributed by atoms with Crippen molar-refractivity contribution in [1.82, 2.24) is 5.32 Å². The van der Waals surface area contributed by atoms with E-state index in [-0.39, 0.29) is 24.9 Å². The molecule has 0 aromatic carbocycles. The van der Waals surface area contributed by atoms with E-state index in [1.807, 2.05) is 60.8 Å². The van der Waals surface area contributed by atoms with Gasteiger partial charge in [0, 0.05) is 6.42 Å². The first-order chi connectivity index (χ1) is 31.5. The van der Waals surface area contributed by atoms with E-state index in [9.17, 15) is 19.8 Å². The van der Waals surface area contributed by atoms with E-state index in [2.05, 4.69) is 86.8 Å². The van der Waals surface area contributed by atoms with Crippen LogP contribution in [0.1, 0.15) is 207 Å². The highest BCUT2D eigenvalue weighted by molar-refractivity contribution is 5.77. The lowest BCUT2D eigenvalue weighted by molar-refractivity contribution is -0.151. The molecule has 64 heavy (non-hydrogen) atoms. The SMILES string of the molecule is CCC/C=C/C=C/C=C/C=C/C=C/CCCCCCCC(=O)OC(CCCCC/C=C/C=C/C=C/C=C/C=C/CCC)CC(=O)NC(CO)C(O)CCCCCCCCCCCCC. The second-order valence-electron chi connectivity index (χ2n) is 17.1. The number of amides is 1. The van der Waals surface area contributed by atoms with Gasteiger partial charge in [0.05, 0.1) is 25.2 Å². The zero-order valence-corrected chi connectivity index (χ0v) is 41.1. The first kappa shape index (κ1) is 60.3. The summed E-state index contributed by atoms with van der Waals surface area (Å²) < 4.78 is 5.91. The molecule has 0 bridgehead atoms. The number of aliphatic hydroxyl groups excluding tert-OH is 2. The van der Waals surface area contributed by atoms with Crippen molar-refractivity contribution in [2.45, 2.75) is 225 Å². The second-order valence-corrected chi connectivity index (χ2v) is 17.1. The molecule has 0 rings (SSSR count). The standard InChI is InChI=1S/C58H95NO5/c1-4-7-10-13-16-19-22-24-26-28-29-31-33-36-39-42-45-48-51-58(63)64-54(49-46-43-40-37-35-32-30-27-25-23-20-17-14-11-8-5-2)52-57(62)59-55(53-60)56(61)50-47-44-41-38-34-21-18-15-12-9-6-3/h10-11,13-14,16-17,19-20,22-32,35,54-56,60-61H,4-9,12,15,18,21,33-34,36-53H2,1-3H3,(H,59,62)/b13-10+,14-11+,19-16+,20-17+,24-22+,25-23+,28-26+,30-27+,31-29+,35-32+. The molecule has 0 saturated carbocycles. The van der Waals surface area contributed by atoms with E-state index in [0.29, 0.717) is 19.3 Å². The molecule has 0 heterocycles. The Kier molecular flexibility index (Phi) is 47.3. The molecule has 3 unspecified atom stereocenters. The normalized spacial score (nSPS) is 14.3. The lowest BCUT2D eigenvalue weighted by Gasteiger charge is -2.24. The van der Waals surface area contributed by atoms with Crippen molar-refractivity contribution >= 4 is 11.9 Å². The molecule has 0 radical (unpaired) electrons. The molecule has 0 aliphatic rings. The minimum Gasteiger partial charge on any atom is -0.462 e. The summed E-state index contributed by atoms with van der Waals surface area (Å²) in [6.45, 7) is 6.27. The average molecular weight is 886 g/mol. The van der Waals surface area contributed by atoms with Crippen LogP contribution in [0.5, 0.6) is 0 Å². The van der Waals surface area contributed by atoms with Gasteiger partial charge in [-0.2, -0.15) is 0 Å². The zero-order valence-electron chi connectivity index (χ0n) is 41.1. The van der Waals surface area contributed by atoms with Crippen LogP contribution >= 0.6 is 0 Å². The third-order valence-corrected chi connectivity index (χ3v) is 11.0. The lowest BCUT2D eigenvalue weighted by atomic mass is 10.0. The van der Waals surface area contributed by atoms with Gasteiger partial charge in [-0.3, -0.25) is 9.59 Å². The van der Waals surface area contributed by atoms with Crippen molar-refractivity contribution in [2.24, 2.45) is 0 Å². The highest BCUT2D eigenvalue weighted by Gasteiger charge is 2.24. The van der Waals surface area contributed by atoms with Crippen LogP contribution in [-0.4, -0.2) is 46.9 Å². The highest BCUT2D eigenvalue weighted by atomic mass is 16.5. The van der Waals surface area contributed by atoms with E-state index < -0.39 is 18.2 Å². The summed E-state index contributed by atoms with van der Waals surface area (Å²) >= 11 is 0. The Morgan fingerprint density at radius 2 is 0.828 bits per heavy atom. The lowest BCUT2D eigenvalue weighted by Crippen LogP contribution is -2.46. The Morgan fingerprint density at radius 1 is 0.453 bits per heavy atom. The summed E-state index contributed by atoms with van der Waals surface area (Å²) in [7, 11) is 0. The smallest absolute Gasteiger partial charge is 0.306 e. The van der Waals surface area contributed by atoms with Crippen molar-refractivity contribution in [1.29, 1.82) is 0 Å². The number of carbonyl (C=O) groups excluding carboxylic acids is 2. The molecule has 0 aromatic heterocycles.